The van der Waals surface area contributed by atoms with Gasteiger partial charge in [-0.25, -0.2) is 0 Å². The third-order valence-electron chi connectivity index (χ3n) is 8.36. The quantitative estimate of drug-likeness (QED) is 0.220. The van der Waals surface area contributed by atoms with Crippen molar-refractivity contribution >= 4 is 28.4 Å². The summed E-state index contributed by atoms with van der Waals surface area (Å²) in [6.45, 7) is 2.69. The monoisotopic (exact) mass is 606 g/mol. The molecule has 4 aromatic rings. The molecule has 0 N–H and O–H groups in total. The minimum absolute atomic E-state index is 0.103. The van der Waals surface area contributed by atoms with Crippen LogP contribution in [0.5, 0.6) is 0 Å². The summed E-state index contributed by atoms with van der Waals surface area (Å²) in [7, 11) is 0. The molecule has 220 valence electrons. The Morgan fingerprint density at radius 3 is 2.21 bits per heavy atom. The molecule has 3 heterocycles. The Hall–Kier alpha value is -3.50. The van der Waals surface area contributed by atoms with Crippen molar-refractivity contribution < 1.29 is 35.9 Å². The van der Waals surface area contributed by atoms with Gasteiger partial charge in [0.05, 0.1) is 34.4 Å². The van der Waals surface area contributed by atoms with Crippen LogP contribution in [0.2, 0.25) is 5.02 Å². The van der Waals surface area contributed by atoms with E-state index in [1.54, 1.807) is 34.6 Å². The Labute approximate surface area is 242 Å². The highest BCUT2D eigenvalue weighted by Crippen LogP contribution is 2.44. The van der Waals surface area contributed by atoms with E-state index in [1.165, 1.54) is 0 Å². The highest BCUT2D eigenvalue weighted by Gasteiger charge is 2.44. The lowest BCUT2D eigenvalue weighted by molar-refractivity contribution is -0.143. The molecule has 0 aliphatic carbocycles. The Balaban J connectivity index is 1.35. The topological polar surface area (TPSA) is 34.5 Å². The van der Waals surface area contributed by atoms with Crippen LogP contribution in [0.3, 0.4) is 0 Å². The zero-order valence-corrected chi connectivity index (χ0v) is 23.1. The first-order chi connectivity index (χ1) is 19.8. The van der Waals surface area contributed by atoms with Crippen LogP contribution in [0.25, 0.3) is 10.9 Å². The highest BCUT2D eigenvalue weighted by molar-refractivity contribution is 6.31. The third-order valence-corrected chi connectivity index (χ3v) is 8.59. The molecule has 2 aliphatic rings. The van der Waals surface area contributed by atoms with Crippen LogP contribution < -0.4 is 0 Å². The summed E-state index contributed by atoms with van der Waals surface area (Å²) >= 11 is 6.24. The van der Waals surface area contributed by atoms with Crippen LogP contribution in [0, 0.1) is 6.92 Å². The average molecular weight is 607 g/mol. The lowest BCUT2D eigenvalue weighted by Gasteiger charge is -2.39. The summed E-state index contributed by atoms with van der Waals surface area (Å²) in [5.74, 6) is -0.264. The Kier molecular flexibility index (Phi) is 6.85. The number of halogens is 7. The van der Waals surface area contributed by atoms with Crippen molar-refractivity contribution in [2.75, 3.05) is 13.1 Å². The third kappa shape index (κ3) is 4.94. The lowest BCUT2D eigenvalue weighted by atomic mass is 9.83. The zero-order chi connectivity index (χ0) is 30.0. The van der Waals surface area contributed by atoms with Crippen LogP contribution in [-0.4, -0.2) is 28.5 Å². The van der Waals surface area contributed by atoms with Crippen molar-refractivity contribution in [2.24, 2.45) is 0 Å². The highest BCUT2D eigenvalue weighted by atomic mass is 35.5. The van der Waals surface area contributed by atoms with Gasteiger partial charge < -0.3 is 14.2 Å². The first kappa shape index (κ1) is 28.6. The van der Waals surface area contributed by atoms with Crippen LogP contribution in [-0.2, 0) is 35.8 Å². The fourth-order valence-corrected chi connectivity index (χ4v) is 6.41. The molecule has 1 spiro atoms. The minimum atomic E-state index is -4.97. The van der Waals surface area contributed by atoms with Crippen molar-refractivity contribution in [1.29, 1.82) is 0 Å². The van der Waals surface area contributed by atoms with Crippen molar-refractivity contribution in [2.45, 2.75) is 50.9 Å². The normalized spacial score (nSPS) is 16.8. The zero-order valence-electron chi connectivity index (χ0n) is 22.4. The van der Waals surface area contributed by atoms with Gasteiger partial charge in [-0.2, -0.15) is 26.3 Å². The van der Waals surface area contributed by atoms with Crippen molar-refractivity contribution in [3.63, 3.8) is 0 Å². The number of alkyl halides is 6. The molecule has 0 saturated carbocycles. The number of benzene rings is 3. The van der Waals surface area contributed by atoms with Crippen LogP contribution in [0.15, 0.2) is 60.7 Å². The molecule has 2 aliphatic heterocycles. The first-order valence-electron chi connectivity index (χ1n) is 13.4. The fraction of sp³-hybridized carbons (Fsp3) is 0.323. The number of hydrogen-bond acceptors (Lipinski definition) is 2. The number of ether oxygens (including phenoxy) is 1. The summed E-state index contributed by atoms with van der Waals surface area (Å²) in [5, 5.41) is 0.838. The minimum Gasteiger partial charge on any atom is -0.365 e. The number of carbonyl (C=O) groups excluding carboxylic acids is 1. The average Bonchev–Trinajstić information content (AvgIpc) is 3.42. The van der Waals surface area contributed by atoms with Gasteiger partial charge in [-0.15, -0.1) is 0 Å². The number of aromatic nitrogens is 1. The van der Waals surface area contributed by atoms with E-state index in [9.17, 15) is 31.1 Å². The van der Waals surface area contributed by atoms with E-state index in [0.29, 0.717) is 71.9 Å². The van der Waals surface area contributed by atoms with Crippen molar-refractivity contribution in [3.8, 4) is 0 Å². The maximum Gasteiger partial charge on any atom is 0.416 e. The molecule has 0 unspecified atom stereocenters. The van der Waals surface area contributed by atoms with E-state index in [2.05, 4.69) is 6.07 Å². The summed E-state index contributed by atoms with van der Waals surface area (Å²) in [6, 6.07) is 14.4. The molecule has 11 heteroatoms. The second kappa shape index (κ2) is 10.1. The summed E-state index contributed by atoms with van der Waals surface area (Å²) < 4.78 is 88.9. The summed E-state index contributed by atoms with van der Waals surface area (Å²) in [5.41, 5.74) is 0.0322. The van der Waals surface area contributed by atoms with E-state index in [-0.39, 0.29) is 24.1 Å². The van der Waals surface area contributed by atoms with Gasteiger partial charge >= 0.3 is 12.4 Å². The van der Waals surface area contributed by atoms with Gasteiger partial charge in [0.15, 0.2) is 0 Å². The Morgan fingerprint density at radius 1 is 0.929 bits per heavy atom. The maximum absolute atomic E-state index is 13.9. The van der Waals surface area contributed by atoms with E-state index in [4.69, 9.17) is 16.3 Å². The molecule has 1 amide bonds. The van der Waals surface area contributed by atoms with E-state index >= 15 is 0 Å². The molecule has 4 nitrogen and oxygen atoms in total. The predicted molar refractivity (Wildman–Crippen MR) is 145 cm³/mol. The molecule has 1 fully saturated rings. The second-order valence-electron chi connectivity index (χ2n) is 10.9. The SMILES string of the molecule is Cc1c(C(=O)N2CCC3(CC2)OCc2ccccc23)c2ccc(Cl)cc2n1Cc1cc(C(F)(F)F)cc(C(F)(F)F)c1. The van der Waals surface area contributed by atoms with Gasteiger partial charge in [-0.1, -0.05) is 41.9 Å². The smallest absolute Gasteiger partial charge is 0.365 e. The number of carbonyl (C=O) groups is 1. The number of hydrogen-bond donors (Lipinski definition) is 0. The van der Waals surface area contributed by atoms with Crippen LogP contribution >= 0.6 is 11.6 Å². The first-order valence-corrected chi connectivity index (χ1v) is 13.7. The molecular weight excluding hydrogens is 582 g/mol. The number of nitrogens with zero attached hydrogens (tertiary/aromatic N) is 2. The summed E-state index contributed by atoms with van der Waals surface area (Å²) in [6.07, 6.45) is -8.74. The van der Waals surface area contributed by atoms with Gasteiger partial charge in [-0.3, -0.25) is 4.79 Å². The van der Waals surface area contributed by atoms with Crippen LogP contribution in [0.4, 0.5) is 26.3 Å². The Bertz CT molecular complexity index is 1670. The molecule has 1 saturated heterocycles. The van der Waals surface area contributed by atoms with E-state index < -0.39 is 29.1 Å². The number of likely N-dealkylation sites (tertiary alicyclic amines) is 1. The maximum atomic E-state index is 13.9. The van der Waals surface area contributed by atoms with Gasteiger partial charge in [0.2, 0.25) is 0 Å². The van der Waals surface area contributed by atoms with E-state index in [1.807, 2.05) is 18.2 Å². The number of piperidine rings is 1. The molecule has 3 aromatic carbocycles. The van der Waals surface area contributed by atoms with Gasteiger partial charge in [0.1, 0.15) is 0 Å². The number of rotatable bonds is 3. The molecule has 0 atom stereocenters. The standard InChI is InChI=1S/C31H25ClF6N2O2/c1-18-27(28(41)39-10-8-29(9-11-39)25-5-3-2-4-20(25)17-42-29)24-7-6-23(32)15-26(24)40(18)16-19-12-21(30(33,34)35)14-22(13-19)31(36,37)38/h2-7,12-15H,8-11,16-17H2,1H3. The van der Waals surface area contributed by atoms with E-state index in [0.717, 1.165) is 11.1 Å². The largest absolute Gasteiger partial charge is 0.416 e. The Morgan fingerprint density at radius 2 is 1.57 bits per heavy atom. The van der Waals surface area contributed by atoms with Gasteiger partial charge in [0, 0.05) is 35.7 Å². The number of amides is 1. The molecule has 6 rings (SSSR count). The lowest BCUT2D eigenvalue weighted by Crippen LogP contribution is -2.45. The van der Waals surface area contributed by atoms with Gasteiger partial charge in [0.25, 0.3) is 5.91 Å². The van der Waals surface area contributed by atoms with Crippen molar-refractivity contribution in [3.05, 3.63) is 105 Å². The van der Waals surface area contributed by atoms with Gasteiger partial charge in [-0.05, 0) is 66.8 Å². The summed E-state index contributed by atoms with van der Waals surface area (Å²) in [4.78, 5) is 15.7. The van der Waals surface area contributed by atoms with Crippen molar-refractivity contribution in [1.82, 2.24) is 9.47 Å². The van der Waals surface area contributed by atoms with Crippen LogP contribution in [0.1, 0.15) is 56.7 Å². The predicted octanol–water partition coefficient (Wildman–Crippen LogP) is 8.35. The molecule has 42 heavy (non-hydrogen) atoms. The second-order valence-corrected chi connectivity index (χ2v) is 11.3. The fourth-order valence-electron chi connectivity index (χ4n) is 6.24. The number of fused-ring (bicyclic) bond motifs is 3. The molecule has 0 radical (unpaired) electrons. The molecular formula is C31H25ClF6N2O2. The molecule has 0 bridgehead atoms. The molecule has 1 aromatic heterocycles.